The minimum atomic E-state index is -0.908. The van der Waals surface area contributed by atoms with Gasteiger partial charge in [-0.3, -0.25) is 4.21 Å². The molecule has 3 heteroatoms. The third kappa shape index (κ3) is 3.09. The monoisotopic (exact) mass is 279 g/mol. The average molecular weight is 279 g/mol. The smallest absolute Gasteiger partial charge is 0.0576 e. The van der Waals surface area contributed by atoms with Gasteiger partial charge in [0.15, 0.2) is 0 Å². The van der Waals surface area contributed by atoms with Gasteiger partial charge in [0, 0.05) is 10.9 Å². The third-order valence-electron chi connectivity index (χ3n) is 4.24. The molecule has 2 rings (SSSR count). The maximum atomic E-state index is 12.8. The summed E-state index contributed by atoms with van der Waals surface area (Å²) in [7, 11) is -0.908. The molecular weight excluding hydrogens is 254 g/mol. The van der Waals surface area contributed by atoms with Crippen LogP contribution in [-0.2, 0) is 10.8 Å². The Balaban J connectivity index is 2.21. The van der Waals surface area contributed by atoms with E-state index < -0.39 is 10.8 Å². The number of nitrogens with one attached hydrogen (secondary N) is 1. The van der Waals surface area contributed by atoms with Gasteiger partial charge in [-0.15, -0.1) is 0 Å². The Bertz CT molecular complexity index is 452. The van der Waals surface area contributed by atoms with Gasteiger partial charge >= 0.3 is 0 Å². The zero-order valence-electron chi connectivity index (χ0n) is 12.4. The molecule has 0 aromatic heterocycles. The van der Waals surface area contributed by atoms with Crippen LogP contribution in [0, 0.1) is 12.3 Å². The van der Waals surface area contributed by atoms with Crippen molar-refractivity contribution in [3.63, 3.8) is 0 Å². The van der Waals surface area contributed by atoms with Crippen molar-refractivity contribution in [3.05, 3.63) is 29.8 Å². The molecule has 1 N–H and O–H groups in total. The predicted molar refractivity (Wildman–Crippen MR) is 81.9 cm³/mol. The van der Waals surface area contributed by atoms with Crippen LogP contribution in [0.15, 0.2) is 29.2 Å². The van der Waals surface area contributed by atoms with Crippen LogP contribution in [0.25, 0.3) is 0 Å². The van der Waals surface area contributed by atoms with Crippen molar-refractivity contribution >= 4 is 10.8 Å². The summed E-state index contributed by atoms with van der Waals surface area (Å²) >= 11 is 0. The second-order valence-corrected chi connectivity index (χ2v) is 7.88. The fourth-order valence-corrected chi connectivity index (χ4v) is 4.84. The van der Waals surface area contributed by atoms with Crippen molar-refractivity contribution in [2.75, 3.05) is 6.54 Å². The number of hydrogen-bond donors (Lipinski definition) is 1. The molecule has 0 spiro atoms. The van der Waals surface area contributed by atoms with E-state index in [2.05, 4.69) is 45.1 Å². The summed E-state index contributed by atoms with van der Waals surface area (Å²) in [5, 5.41) is 3.79. The second kappa shape index (κ2) is 5.76. The lowest BCUT2D eigenvalue weighted by Gasteiger charge is -2.31. The zero-order valence-corrected chi connectivity index (χ0v) is 13.2. The summed E-state index contributed by atoms with van der Waals surface area (Å²) in [6.45, 7) is 9.70. The quantitative estimate of drug-likeness (QED) is 0.916. The molecule has 0 bridgehead atoms. The molecule has 1 aromatic rings. The predicted octanol–water partition coefficient (Wildman–Crippen LogP) is 3.27. The minimum absolute atomic E-state index is 0.234. The molecule has 2 nitrogen and oxygen atoms in total. The zero-order chi connectivity index (χ0) is 14.0. The lowest BCUT2D eigenvalue weighted by atomic mass is 9.87. The van der Waals surface area contributed by atoms with E-state index in [1.54, 1.807) is 0 Å². The molecule has 1 aliphatic rings. The fraction of sp³-hybridized carbons (Fsp3) is 0.625. The lowest BCUT2D eigenvalue weighted by molar-refractivity contribution is 0.289. The Morgan fingerprint density at radius 3 is 2.53 bits per heavy atom. The van der Waals surface area contributed by atoms with Gasteiger partial charge in [0.05, 0.1) is 16.0 Å². The van der Waals surface area contributed by atoms with Gasteiger partial charge in [-0.05, 0) is 43.9 Å². The topological polar surface area (TPSA) is 29.1 Å². The second-order valence-electron chi connectivity index (χ2n) is 6.21. The van der Waals surface area contributed by atoms with E-state index in [0.717, 1.165) is 24.3 Å². The summed E-state index contributed by atoms with van der Waals surface area (Å²) in [6.07, 6.45) is 2.19. The average Bonchev–Trinajstić information content (AvgIpc) is 2.66. The van der Waals surface area contributed by atoms with Crippen molar-refractivity contribution in [3.8, 4) is 0 Å². The highest BCUT2D eigenvalue weighted by Gasteiger charge is 2.44. The van der Waals surface area contributed by atoms with Gasteiger partial charge in [0.2, 0.25) is 0 Å². The molecule has 1 aromatic carbocycles. The van der Waals surface area contributed by atoms with Crippen LogP contribution < -0.4 is 5.32 Å². The highest BCUT2D eigenvalue weighted by atomic mass is 32.2. The van der Waals surface area contributed by atoms with E-state index in [1.165, 1.54) is 5.56 Å². The summed E-state index contributed by atoms with van der Waals surface area (Å²) in [6, 6.07) is 8.48. The molecule has 0 saturated heterocycles. The number of aryl methyl sites for hydroxylation is 1. The molecule has 0 amide bonds. The Morgan fingerprint density at radius 2 is 1.95 bits per heavy atom. The molecule has 0 heterocycles. The molecule has 0 aliphatic heterocycles. The maximum absolute atomic E-state index is 12.8. The van der Waals surface area contributed by atoms with E-state index in [-0.39, 0.29) is 10.7 Å². The van der Waals surface area contributed by atoms with E-state index in [0.29, 0.717) is 6.04 Å². The van der Waals surface area contributed by atoms with Crippen LogP contribution >= 0.6 is 0 Å². The Hall–Kier alpha value is -0.670. The van der Waals surface area contributed by atoms with Gasteiger partial charge < -0.3 is 5.32 Å². The first-order chi connectivity index (χ1) is 8.95. The van der Waals surface area contributed by atoms with Gasteiger partial charge in [-0.25, -0.2) is 0 Å². The van der Waals surface area contributed by atoms with Crippen molar-refractivity contribution in [2.24, 2.45) is 5.41 Å². The first kappa shape index (κ1) is 14.7. The molecule has 3 atom stereocenters. The van der Waals surface area contributed by atoms with Crippen molar-refractivity contribution in [1.29, 1.82) is 0 Å². The lowest BCUT2D eigenvalue weighted by Crippen LogP contribution is -2.46. The first-order valence-electron chi connectivity index (χ1n) is 7.16. The highest BCUT2D eigenvalue weighted by molar-refractivity contribution is 7.85. The number of rotatable bonds is 4. The van der Waals surface area contributed by atoms with E-state index in [1.807, 2.05) is 12.1 Å². The van der Waals surface area contributed by atoms with Gasteiger partial charge in [-0.2, -0.15) is 0 Å². The van der Waals surface area contributed by atoms with Crippen LogP contribution in [0.5, 0.6) is 0 Å². The van der Waals surface area contributed by atoms with Gasteiger partial charge in [0.25, 0.3) is 0 Å². The Kier molecular flexibility index (Phi) is 4.46. The SMILES string of the molecule is CCNC1C(S(=O)c2ccc(C)cc2)CCC1(C)C. The summed E-state index contributed by atoms with van der Waals surface area (Å²) in [4.78, 5) is 0.969. The molecule has 0 radical (unpaired) electrons. The molecule has 3 unspecified atom stereocenters. The molecule has 19 heavy (non-hydrogen) atoms. The third-order valence-corrected chi connectivity index (χ3v) is 6.03. The number of hydrogen-bond acceptors (Lipinski definition) is 2. The fourth-order valence-electron chi connectivity index (χ4n) is 3.05. The summed E-state index contributed by atoms with van der Waals surface area (Å²) < 4.78 is 12.8. The Labute approximate surface area is 119 Å². The molecule has 1 fully saturated rings. The van der Waals surface area contributed by atoms with Gasteiger partial charge in [0.1, 0.15) is 0 Å². The van der Waals surface area contributed by atoms with E-state index in [4.69, 9.17) is 0 Å². The van der Waals surface area contributed by atoms with E-state index >= 15 is 0 Å². The van der Waals surface area contributed by atoms with Gasteiger partial charge in [-0.1, -0.05) is 38.5 Å². The van der Waals surface area contributed by atoms with Crippen LogP contribution in [0.4, 0.5) is 0 Å². The highest BCUT2D eigenvalue weighted by Crippen LogP contribution is 2.41. The van der Waals surface area contributed by atoms with Crippen LogP contribution in [-0.4, -0.2) is 22.0 Å². The van der Waals surface area contributed by atoms with E-state index in [9.17, 15) is 4.21 Å². The molecule has 1 saturated carbocycles. The molecular formula is C16H25NOS. The van der Waals surface area contributed by atoms with Crippen molar-refractivity contribution in [2.45, 2.75) is 56.7 Å². The Morgan fingerprint density at radius 1 is 1.32 bits per heavy atom. The largest absolute Gasteiger partial charge is 0.313 e. The van der Waals surface area contributed by atoms with Crippen LogP contribution in [0.2, 0.25) is 0 Å². The summed E-state index contributed by atoms with van der Waals surface area (Å²) in [5.41, 5.74) is 1.46. The normalized spacial score (nSPS) is 27.4. The summed E-state index contributed by atoms with van der Waals surface area (Å²) in [5.74, 6) is 0. The van der Waals surface area contributed by atoms with Crippen LogP contribution in [0.1, 0.15) is 39.2 Å². The number of benzene rings is 1. The molecule has 106 valence electrons. The van der Waals surface area contributed by atoms with Crippen LogP contribution in [0.3, 0.4) is 0 Å². The molecule has 1 aliphatic carbocycles. The van der Waals surface area contributed by atoms with Crippen molar-refractivity contribution in [1.82, 2.24) is 5.32 Å². The standard InChI is InChI=1S/C16H25NOS/c1-5-17-15-14(10-11-16(15,3)4)19(18)13-8-6-12(2)7-9-13/h6-9,14-15,17H,5,10-11H2,1-4H3. The first-order valence-corrected chi connectivity index (χ1v) is 8.37. The maximum Gasteiger partial charge on any atom is 0.0576 e. The minimum Gasteiger partial charge on any atom is -0.313 e. The van der Waals surface area contributed by atoms with Crippen molar-refractivity contribution < 1.29 is 4.21 Å².